The van der Waals surface area contributed by atoms with E-state index in [9.17, 15) is 14.4 Å². The number of carbonyl (C=O) groups excluding carboxylic acids is 3. The molecule has 2 heterocycles. The molecular weight excluding hydrogens is 458 g/mol. The largest absolute Gasteiger partial charge is 0.330 e. The Balaban J connectivity index is 1.95. The first kappa shape index (κ1) is 19.4. The standard InChI is InChI=1S/C22H17BrF2N2O3/c1-3-27-17(28)16-20(19(27)30,22(23,24)25)18(29)26(2)21(16)14-10-6-4-8-12(14)13-9-5-7-11-15(13)21/h4-11,16H,3H2,1-2H3/t16-,20+/m1/s1. The number of fused-ring (bicyclic) bond motifs is 7. The molecule has 2 fully saturated rings. The smallest absolute Gasteiger partial charge is 0.325 e. The molecule has 2 atom stereocenters. The van der Waals surface area contributed by atoms with Crippen molar-refractivity contribution in [1.29, 1.82) is 0 Å². The Bertz CT molecular complexity index is 1100. The number of halogens is 3. The van der Waals surface area contributed by atoms with Gasteiger partial charge in [0.1, 0.15) is 11.5 Å². The highest BCUT2D eigenvalue weighted by Gasteiger charge is 2.85. The fourth-order valence-corrected chi connectivity index (χ4v) is 6.29. The average molecular weight is 475 g/mol. The second-order valence-electron chi connectivity index (χ2n) is 7.85. The van der Waals surface area contributed by atoms with Crippen molar-refractivity contribution in [3.63, 3.8) is 0 Å². The summed E-state index contributed by atoms with van der Waals surface area (Å²) in [6.45, 7) is 1.45. The van der Waals surface area contributed by atoms with Crippen LogP contribution in [-0.4, -0.2) is 45.9 Å². The van der Waals surface area contributed by atoms with Crippen LogP contribution in [0.2, 0.25) is 0 Å². The molecule has 8 heteroatoms. The van der Waals surface area contributed by atoms with Gasteiger partial charge in [0.05, 0.1) is 0 Å². The minimum Gasteiger partial charge on any atom is -0.330 e. The molecule has 2 aromatic carbocycles. The quantitative estimate of drug-likeness (QED) is 0.381. The number of benzene rings is 2. The molecule has 2 aromatic rings. The molecule has 5 nitrogen and oxygen atoms in total. The van der Waals surface area contributed by atoms with E-state index in [2.05, 4.69) is 15.9 Å². The molecule has 0 aromatic heterocycles. The minimum atomic E-state index is -3.91. The second kappa shape index (κ2) is 5.75. The zero-order valence-corrected chi connectivity index (χ0v) is 17.7. The molecule has 3 aliphatic rings. The third kappa shape index (κ3) is 1.77. The summed E-state index contributed by atoms with van der Waals surface area (Å²) in [5, 5.41) is 0. The molecule has 2 saturated heterocycles. The summed E-state index contributed by atoms with van der Waals surface area (Å²) in [4.78, 5) is 38.4. The lowest BCUT2D eigenvalue weighted by atomic mass is 9.67. The topological polar surface area (TPSA) is 57.7 Å². The number of carbonyl (C=O) groups is 3. The van der Waals surface area contributed by atoms with E-state index in [1.54, 1.807) is 24.3 Å². The second-order valence-corrected chi connectivity index (χ2v) is 8.84. The Morgan fingerprint density at radius 2 is 1.47 bits per heavy atom. The van der Waals surface area contributed by atoms with Gasteiger partial charge in [-0.3, -0.25) is 19.3 Å². The SMILES string of the molecule is CCN1C(=O)[C@H]2C3(c4ccccc4-c4ccccc43)N(C)C(=O)[C@]2(C(F)(F)Br)C1=O. The number of likely N-dealkylation sites (tertiary alicyclic amines) is 2. The van der Waals surface area contributed by atoms with Crippen molar-refractivity contribution in [2.45, 2.75) is 17.3 Å². The number of alkyl halides is 3. The van der Waals surface area contributed by atoms with Gasteiger partial charge in [-0.2, -0.15) is 8.78 Å². The number of hydrogen-bond donors (Lipinski definition) is 0. The third-order valence-corrected chi connectivity index (χ3v) is 7.47. The van der Waals surface area contributed by atoms with Gasteiger partial charge < -0.3 is 4.90 Å². The van der Waals surface area contributed by atoms with Gasteiger partial charge in [-0.15, -0.1) is 0 Å². The van der Waals surface area contributed by atoms with Crippen LogP contribution in [0.25, 0.3) is 11.1 Å². The maximum Gasteiger partial charge on any atom is 0.325 e. The van der Waals surface area contributed by atoms with Crippen LogP contribution < -0.4 is 0 Å². The number of amides is 3. The highest BCUT2D eigenvalue weighted by molar-refractivity contribution is 9.10. The lowest BCUT2D eigenvalue weighted by Gasteiger charge is -2.38. The summed E-state index contributed by atoms with van der Waals surface area (Å²) < 4.78 is 30.4. The molecule has 0 radical (unpaired) electrons. The van der Waals surface area contributed by atoms with Gasteiger partial charge in [0.2, 0.25) is 17.2 Å². The number of imide groups is 1. The highest BCUT2D eigenvalue weighted by atomic mass is 79.9. The number of nitrogens with zero attached hydrogens (tertiary/aromatic N) is 2. The van der Waals surface area contributed by atoms with Crippen LogP contribution in [0.5, 0.6) is 0 Å². The van der Waals surface area contributed by atoms with E-state index in [1.165, 1.54) is 18.9 Å². The van der Waals surface area contributed by atoms with Crippen LogP contribution in [0, 0.1) is 11.3 Å². The van der Waals surface area contributed by atoms with E-state index in [1.807, 2.05) is 24.3 Å². The molecule has 0 saturated carbocycles. The Hall–Kier alpha value is -2.61. The van der Waals surface area contributed by atoms with E-state index < -0.39 is 39.4 Å². The van der Waals surface area contributed by atoms with Gasteiger partial charge in [0, 0.05) is 13.6 Å². The molecule has 0 unspecified atom stereocenters. The van der Waals surface area contributed by atoms with Crippen LogP contribution in [0.4, 0.5) is 8.78 Å². The molecule has 2 aliphatic heterocycles. The monoisotopic (exact) mass is 474 g/mol. The molecule has 1 spiro atoms. The molecule has 5 rings (SSSR count). The Morgan fingerprint density at radius 1 is 0.967 bits per heavy atom. The van der Waals surface area contributed by atoms with Crippen molar-refractivity contribution in [3.05, 3.63) is 59.7 Å². The van der Waals surface area contributed by atoms with Crippen molar-refractivity contribution < 1.29 is 23.2 Å². The van der Waals surface area contributed by atoms with Gasteiger partial charge in [0.15, 0.2) is 0 Å². The van der Waals surface area contributed by atoms with Crippen molar-refractivity contribution in [2.75, 3.05) is 13.6 Å². The van der Waals surface area contributed by atoms with Crippen LogP contribution in [-0.2, 0) is 19.9 Å². The van der Waals surface area contributed by atoms with Crippen molar-refractivity contribution in [3.8, 4) is 11.1 Å². The van der Waals surface area contributed by atoms with Crippen LogP contribution in [0.15, 0.2) is 48.5 Å². The van der Waals surface area contributed by atoms with Gasteiger partial charge >= 0.3 is 4.83 Å². The first-order valence-electron chi connectivity index (χ1n) is 9.57. The molecular formula is C22H17BrF2N2O3. The van der Waals surface area contributed by atoms with Crippen LogP contribution in [0.3, 0.4) is 0 Å². The van der Waals surface area contributed by atoms with Gasteiger partial charge in [-0.05, 0) is 45.1 Å². The zero-order valence-electron chi connectivity index (χ0n) is 16.2. The summed E-state index contributed by atoms with van der Waals surface area (Å²) in [5.41, 5.74) is -1.68. The van der Waals surface area contributed by atoms with E-state index in [0.29, 0.717) is 11.1 Å². The van der Waals surface area contributed by atoms with Gasteiger partial charge in [0.25, 0.3) is 5.91 Å². The first-order valence-corrected chi connectivity index (χ1v) is 10.4. The fraction of sp³-hybridized carbons (Fsp3) is 0.318. The van der Waals surface area contributed by atoms with Crippen molar-refractivity contribution in [2.24, 2.45) is 11.3 Å². The van der Waals surface area contributed by atoms with Gasteiger partial charge in [-0.1, -0.05) is 48.5 Å². The van der Waals surface area contributed by atoms with E-state index in [4.69, 9.17) is 0 Å². The Morgan fingerprint density at radius 3 is 1.93 bits per heavy atom. The Kier molecular flexibility index (Phi) is 3.71. The van der Waals surface area contributed by atoms with E-state index >= 15 is 8.78 Å². The van der Waals surface area contributed by atoms with Gasteiger partial charge in [-0.25, -0.2) is 0 Å². The molecule has 154 valence electrons. The predicted molar refractivity (Wildman–Crippen MR) is 108 cm³/mol. The van der Waals surface area contributed by atoms with E-state index in [0.717, 1.165) is 16.0 Å². The normalized spacial score (nSPS) is 26.4. The summed E-state index contributed by atoms with van der Waals surface area (Å²) >= 11 is 2.33. The fourth-order valence-electron chi connectivity index (χ4n) is 5.73. The highest BCUT2D eigenvalue weighted by Crippen LogP contribution is 2.69. The molecule has 1 aliphatic carbocycles. The maximum atomic E-state index is 15.2. The number of rotatable bonds is 2. The van der Waals surface area contributed by atoms with Crippen molar-refractivity contribution in [1.82, 2.24) is 9.80 Å². The van der Waals surface area contributed by atoms with Crippen LogP contribution in [0.1, 0.15) is 18.1 Å². The lowest BCUT2D eigenvalue weighted by molar-refractivity contribution is -0.160. The average Bonchev–Trinajstić information content (AvgIpc) is 3.22. The number of hydrogen-bond acceptors (Lipinski definition) is 3. The minimum absolute atomic E-state index is 0.0879. The van der Waals surface area contributed by atoms with Crippen molar-refractivity contribution >= 4 is 33.7 Å². The van der Waals surface area contributed by atoms with E-state index in [-0.39, 0.29) is 6.54 Å². The summed E-state index contributed by atoms with van der Waals surface area (Å²) in [6.07, 6.45) is 0. The molecule has 0 bridgehead atoms. The third-order valence-electron chi connectivity index (χ3n) is 6.85. The summed E-state index contributed by atoms with van der Waals surface area (Å²) in [7, 11) is 1.40. The Labute approximate surface area is 179 Å². The summed E-state index contributed by atoms with van der Waals surface area (Å²) in [5.74, 6) is -4.58. The van der Waals surface area contributed by atoms with Crippen LogP contribution >= 0.6 is 15.9 Å². The lowest BCUT2D eigenvalue weighted by Crippen LogP contribution is -2.52. The molecule has 3 amide bonds. The summed E-state index contributed by atoms with van der Waals surface area (Å²) in [6, 6.07) is 14.3. The molecule has 0 N–H and O–H groups in total. The maximum absolute atomic E-state index is 15.2. The molecule has 30 heavy (non-hydrogen) atoms. The predicted octanol–water partition coefficient (Wildman–Crippen LogP) is 3.36. The first-order chi connectivity index (χ1) is 14.2. The zero-order chi connectivity index (χ0) is 21.6.